The zero-order chi connectivity index (χ0) is 8.48. The third-order valence-corrected chi connectivity index (χ3v) is 3.88. The van der Waals surface area contributed by atoms with Gasteiger partial charge in [-0.15, -0.1) is 11.6 Å². The molecule has 0 saturated carbocycles. The molecule has 1 fully saturated rings. The van der Waals surface area contributed by atoms with E-state index in [2.05, 4.69) is 0 Å². The molecule has 0 spiro atoms. The Labute approximate surface area is 70.8 Å². The van der Waals surface area contributed by atoms with E-state index < -0.39 is 21.3 Å². The lowest BCUT2D eigenvalue weighted by atomic mass is 10.3. The SMILES string of the molecule is O=S(=O)(CCl)N1CCC(O)C1. The van der Waals surface area contributed by atoms with E-state index in [0.717, 1.165) is 0 Å². The largest absolute Gasteiger partial charge is 0.392 e. The summed E-state index contributed by atoms with van der Waals surface area (Å²) < 4.78 is 23.3. The fourth-order valence-electron chi connectivity index (χ4n) is 1.03. The van der Waals surface area contributed by atoms with Crippen molar-refractivity contribution in [2.45, 2.75) is 12.5 Å². The molecule has 0 aliphatic carbocycles. The Morgan fingerprint density at radius 2 is 2.27 bits per heavy atom. The van der Waals surface area contributed by atoms with E-state index in [9.17, 15) is 8.42 Å². The first-order chi connectivity index (χ1) is 5.06. The molecular formula is C5H10ClNO3S. The number of hydrogen-bond acceptors (Lipinski definition) is 3. The molecule has 4 nitrogen and oxygen atoms in total. The molecule has 0 aromatic carbocycles. The molecule has 6 heteroatoms. The van der Waals surface area contributed by atoms with Crippen LogP contribution < -0.4 is 0 Å². The summed E-state index contributed by atoms with van der Waals surface area (Å²) in [5, 5.41) is 8.61. The highest BCUT2D eigenvalue weighted by Crippen LogP contribution is 2.14. The zero-order valence-electron chi connectivity index (χ0n) is 5.90. The zero-order valence-corrected chi connectivity index (χ0v) is 7.48. The lowest BCUT2D eigenvalue weighted by Gasteiger charge is -2.12. The maximum atomic E-state index is 11.0. The molecule has 1 heterocycles. The van der Waals surface area contributed by atoms with Gasteiger partial charge in [-0.1, -0.05) is 0 Å². The highest BCUT2D eigenvalue weighted by Gasteiger charge is 2.29. The van der Waals surface area contributed by atoms with Crippen LogP contribution in [0, 0.1) is 0 Å². The second kappa shape index (κ2) is 3.26. The number of alkyl halides is 1. The number of aliphatic hydroxyl groups is 1. The van der Waals surface area contributed by atoms with Crippen molar-refractivity contribution in [2.75, 3.05) is 18.3 Å². The standard InChI is InChI=1S/C5H10ClNO3S/c6-4-11(9,10)7-2-1-5(8)3-7/h5,8H,1-4H2. The van der Waals surface area contributed by atoms with Gasteiger partial charge in [-0.2, -0.15) is 4.31 Å². The van der Waals surface area contributed by atoms with E-state index in [1.807, 2.05) is 0 Å². The van der Waals surface area contributed by atoms with Crippen LogP contribution in [-0.2, 0) is 10.0 Å². The highest BCUT2D eigenvalue weighted by molar-refractivity contribution is 7.90. The van der Waals surface area contributed by atoms with Gasteiger partial charge >= 0.3 is 0 Å². The van der Waals surface area contributed by atoms with E-state index in [1.165, 1.54) is 4.31 Å². The van der Waals surface area contributed by atoms with E-state index >= 15 is 0 Å². The Kier molecular flexibility index (Phi) is 2.74. The lowest BCUT2D eigenvalue weighted by molar-refractivity contribution is 0.189. The van der Waals surface area contributed by atoms with Crippen molar-refractivity contribution in [3.8, 4) is 0 Å². The maximum absolute atomic E-state index is 11.0. The number of hydrogen-bond donors (Lipinski definition) is 1. The average Bonchev–Trinajstić information content (AvgIpc) is 2.36. The van der Waals surface area contributed by atoms with Crippen LogP contribution in [0.4, 0.5) is 0 Å². The Balaban J connectivity index is 2.64. The van der Waals surface area contributed by atoms with Crippen LogP contribution in [0.15, 0.2) is 0 Å². The van der Waals surface area contributed by atoms with Gasteiger partial charge in [0, 0.05) is 13.1 Å². The van der Waals surface area contributed by atoms with Crippen LogP contribution in [0.2, 0.25) is 0 Å². The third kappa shape index (κ3) is 2.05. The topological polar surface area (TPSA) is 57.6 Å². The minimum Gasteiger partial charge on any atom is -0.392 e. The summed E-state index contributed by atoms with van der Waals surface area (Å²) >= 11 is 5.21. The molecule has 0 aromatic rings. The molecule has 1 atom stereocenters. The van der Waals surface area contributed by atoms with Crippen molar-refractivity contribution < 1.29 is 13.5 Å². The number of nitrogens with zero attached hydrogens (tertiary/aromatic N) is 1. The quantitative estimate of drug-likeness (QED) is 0.615. The Morgan fingerprint density at radius 3 is 2.64 bits per heavy atom. The second-order valence-electron chi connectivity index (χ2n) is 2.52. The first-order valence-corrected chi connectivity index (χ1v) is 5.42. The molecule has 0 radical (unpaired) electrons. The number of halogens is 1. The molecule has 1 rings (SSSR count). The van der Waals surface area contributed by atoms with E-state index in [4.69, 9.17) is 16.7 Å². The number of aliphatic hydroxyl groups excluding tert-OH is 1. The van der Waals surface area contributed by atoms with Crippen LogP contribution in [-0.4, -0.2) is 42.2 Å². The third-order valence-electron chi connectivity index (χ3n) is 1.66. The second-order valence-corrected chi connectivity index (χ2v) is 5.07. The minimum atomic E-state index is -3.29. The van der Waals surface area contributed by atoms with E-state index in [-0.39, 0.29) is 6.54 Å². The molecule has 0 bridgehead atoms. The summed E-state index contributed by atoms with van der Waals surface area (Å²) in [6.07, 6.45) is -0.0103. The van der Waals surface area contributed by atoms with Gasteiger partial charge < -0.3 is 5.11 Å². The van der Waals surface area contributed by atoms with Crippen molar-refractivity contribution in [2.24, 2.45) is 0 Å². The first kappa shape index (κ1) is 9.25. The predicted molar refractivity (Wildman–Crippen MR) is 41.8 cm³/mol. The van der Waals surface area contributed by atoms with Crippen LogP contribution in [0.25, 0.3) is 0 Å². The summed E-state index contributed by atoms with van der Waals surface area (Å²) in [7, 11) is -3.29. The van der Waals surface area contributed by atoms with Crippen molar-refractivity contribution in [1.29, 1.82) is 0 Å². The fourth-order valence-corrected chi connectivity index (χ4v) is 2.37. The highest BCUT2D eigenvalue weighted by atomic mass is 35.5. The molecule has 0 aromatic heterocycles. The Morgan fingerprint density at radius 1 is 1.64 bits per heavy atom. The molecule has 1 aliphatic rings. The first-order valence-electron chi connectivity index (χ1n) is 3.28. The minimum absolute atomic E-state index is 0.190. The molecule has 11 heavy (non-hydrogen) atoms. The maximum Gasteiger partial charge on any atom is 0.228 e. The summed E-state index contributed by atoms with van der Waals surface area (Å²) in [6, 6.07) is 0. The van der Waals surface area contributed by atoms with Gasteiger partial charge in [0.2, 0.25) is 10.0 Å². The number of sulfonamides is 1. The van der Waals surface area contributed by atoms with Gasteiger partial charge in [-0.3, -0.25) is 0 Å². The van der Waals surface area contributed by atoms with Crippen molar-refractivity contribution >= 4 is 21.6 Å². The molecule has 1 unspecified atom stereocenters. The summed E-state index contributed by atoms with van der Waals surface area (Å²) in [4.78, 5) is 0. The van der Waals surface area contributed by atoms with Gasteiger partial charge in [0.05, 0.1) is 6.10 Å². The van der Waals surface area contributed by atoms with Gasteiger partial charge in [-0.05, 0) is 6.42 Å². The van der Waals surface area contributed by atoms with Gasteiger partial charge in [0.1, 0.15) is 5.21 Å². The van der Waals surface area contributed by atoms with E-state index in [0.29, 0.717) is 13.0 Å². The smallest absolute Gasteiger partial charge is 0.228 e. The monoisotopic (exact) mass is 199 g/mol. The van der Waals surface area contributed by atoms with E-state index in [1.54, 1.807) is 0 Å². The molecule has 1 aliphatic heterocycles. The van der Waals surface area contributed by atoms with Crippen LogP contribution in [0.1, 0.15) is 6.42 Å². The van der Waals surface area contributed by atoms with Gasteiger partial charge in [0.15, 0.2) is 0 Å². The summed E-state index contributed by atoms with van der Waals surface area (Å²) in [5.41, 5.74) is 0. The fraction of sp³-hybridized carbons (Fsp3) is 1.00. The van der Waals surface area contributed by atoms with Crippen molar-refractivity contribution in [1.82, 2.24) is 4.31 Å². The van der Waals surface area contributed by atoms with Gasteiger partial charge in [-0.25, -0.2) is 8.42 Å². The van der Waals surface area contributed by atoms with Gasteiger partial charge in [0.25, 0.3) is 0 Å². The Bertz CT molecular complexity index is 228. The lowest BCUT2D eigenvalue weighted by Crippen LogP contribution is -2.30. The molecule has 1 saturated heterocycles. The normalized spacial score (nSPS) is 27.6. The van der Waals surface area contributed by atoms with Crippen molar-refractivity contribution in [3.05, 3.63) is 0 Å². The average molecular weight is 200 g/mol. The Hall–Kier alpha value is 0.160. The molecular weight excluding hydrogens is 190 g/mol. The molecule has 1 N–H and O–H groups in total. The number of rotatable bonds is 2. The molecule has 0 amide bonds. The predicted octanol–water partition coefficient (Wildman–Crippen LogP) is -0.421. The summed E-state index contributed by atoms with van der Waals surface area (Å²) in [5.74, 6) is 0. The van der Waals surface area contributed by atoms with Crippen LogP contribution in [0.3, 0.4) is 0 Å². The van der Waals surface area contributed by atoms with Crippen LogP contribution in [0.5, 0.6) is 0 Å². The summed E-state index contributed by atoms with van der Waals surface area (Å²) in [6.45, 7) is 0.575. The molecule has 66 valence electrons. The van der Waals surface area contributed by atoms with Crippen LogP contribution >= 0.6 is 11.6 Å². The number of β-amino-alcohol motifs (C(OH)–C–C–N with tert-alkyl or cyclic N) is 1. The van der Waals surface area contributed by atoms with Crippen molar-refractivity contribution in [3.63, 3.8) is 0 Å².